The van der Waals surface area contributed by atoms with E-state index in [0.29, 0.717) is 5.75 Å². The number of rotatable bonds is 6. The predicted octanol–water partition coefficient (Wildman–Crippen LogP) is 3.42. The topological polar surface area (TPSA) is 43.4 Å². The van der Waals surface area contributed by atoms with Crippen LogP contribution in [-0.2, 0) is 9.05 Å². The molecule has 106 valence electrons. The van der Waals surface area contributed by atoms with Gasteiger partial charge in [-0.05, 0) is 17.7 Å². The zero-order valence-corrected chi connectivity index (χ0v) is 12.3. The first-order valence-electron chi connectivity index (χ1n) is 6.20. The highest BCUT2D eigenvalue weighted by atomic mass is 35.7. The molecule has 0 radical (unpaired) electrons. The lowest BCUT2D eigenvalue weighted by Gasteiger charge is -2.16. The summed E-state index contributed by atoms with van der Waals surface area (Å²) in [4.78, 5) is 0. The van der Waals surface area contributed by atoms with Gasteiger partial charge in [0.15, 0.2) is 0 Å². The summed E-state index contributed by atoms with van der Waals surface area (Å²) in [5, 5.41) is 0. The fraction of sp³-hybridized carbons (Fsp3) is 0.200. The van der Waals surface area contributed by atoms with Gasteiger partial charge >= 0.3 is 0 Å². The van der Waals surface area contributed by atoms with Crippen molar-refractivity contribution in [1.29, 1.82) is 0 Å². The molecule has 0 aliphatic carbocycles. The van der Waals surface area contributed by atoms with Gasteiger partial charge in [-0.25, -0.2) is 8.42 Å². The molecule has 1 atom stereocenters. The average molecular weight is 311 g/mol. The fourth-order valence-electron chi connectivity index (χ4n) is 1.92. The van der Waals surface area contributed by atoms with Crippen molar-refractivity contribution in [3.8, 4) is 5.75 Å². The summed E-state index contributed by atoms with van der Waals surface area (Å²) in [6.07, 6.45) is 0. The Morgan fingerprint density at radius 1 is 0.950 bits per heavy atom. The first-order valence-corrected chi connectivity index (χ1v) is 8.67. The third-order valence-corrected chi connectivity index (χ3v) is 4.04. The van der Waals surface area contributed by atoms with Crippen LogP contribution in [-0.4, -0.2) is 20.8 Å². The molecule has 0 heterocycles. The lowest BCUT2D eigenvalue weighted by atomic mass is 10.0. The van der Waals surface area contributed by atoms with Crippen LogP contribution < -0.4 is 4.74 Å². The zero-order chi connectivity index (χ0) is 14.4. The van der Waals surface area contributed by atoms with E-state index in [0.717, 1.165) is 5.56 Å². The van der Waals surface area contributed by atoms with Crippen LogP contribution in [0.5, 0.6) is 5.75 Å². The highest BCUT2D eigenvalue weighted by Crippen LogP contribution is 2.21. The van der Waals surface area contributed by atoms with Gasteiger partial charge in [0.1, 0.15) is 5.75 Å². The Labute approximate surface area is 123 Å². The largest absolute Gasteiger partial charge is 0.493 e. The first kappa shape index (κ1) is 14.9. The van der Waals surface area contributed by atoms with Crippen molar-refractivity contribution in [1.82, 2.24) is 0 Å². The van der Waals surface area contributed by atoms with Crippen LogP contribution in [0.2, 0.25) is 0 Å². The molecule has 0 saturated carbocycles. The van der Waals surface area contributed by atoms with Gasteiger partial charge in [-0.1, -0.05) is 48.5 Å². The van der Waals surface area contributed by atoms with Crippen LogP contribution in [0.25, 0.3) is 0 Å². The van der Waals surface area contributed by atoms with E-state index >= 15 is 0 Å². The van der Waals surface area contributed by atoms with Crippen molar-refractivity contribution in [2.45, 2.75) is 5.92 Å². The Balaban J connectivity index is 2.11. The summed E-state index contributed by atoms with van der Waals surface area (Å²) in [6.45, 7) is 0.264. The Bertz CT molecular complexity index is 627. The molecule has 0 amide bonds. The molecule has 0 spiro atoms. The van der Waals surface area contributed by atoms with Gasteiger partial charge in [-0.3, -0.25) is 0 Å². The Kier molecular flexibility index (Phi) is 5.04. The first-order chi connectivity index (χ1) is 9.54. The van der Waals surface area contributed by atoms with Crippen LogP contribution >= 0.6 is 10.7 Å². The minimum Gasteiger partial charge on any atom is -0.493 e. The van der Waals surface area contributed by atoms with Gasteiger partial charge in [0, 0.05) is 16.6 Å². The van der Waals surface area contributed by atoms with E-state index in [2.05, 4.69) is 0 Å². The quantitative estimate of drug-likeness (QED) is 0.768. The van der Waals surface area contributed by atoms with Crippen molar-refractivity contribution in [2.24, 2.45) is 0 Å². The molecule has 0 bridgehead atoms. The predicted molar refractivity (Wildman–Crippen MR) is 80.8 cm³/mol. The highest BCUT2D eigenvalue weighted by molar-refractivity contribution is 8.13. The van der Waals surface area contributed by atoms with E-state index in [4.69, 9.17) is 15.4 Å². The van der Waals surface area contributed by atoms with Crippen molar-refractivity contribution in [2.75, 3.05) is 12.4 Å². The lowest BCUT2D eigenvalue weighted by Crippen LogP contribution is -2.18. The lowest BCUT2D eigenvalue weighted by molar-refractivity contribution is 0.296. The molecule has 2 rings (SSSR count). The number of halogens is 1. The third kappa shape index (κ3) is 4.87. The van der Waals surface area contributed by atoms with E-state index in [1.165, 1.54) is 0 Å². The van der Waals surface area contributed by atoms with E-state index in [-0.39, 0.29) is 18.3 Å². The van der Waals surface area contributed by atoms with Gasteiger partial charge in [0.2, 0.25) is 9.05 Å². The number of hydrogen-bond donors (Lipinski definition) is 0. The summed E-state index contributed by atoms with van der Waals surface area (Å²) in [5.74, 6) is 0.269. The van der Waals surface area contributed by atoms with Crippen molar-refractivity contribution in [3.63, 3.8) is 0 Å². The normalized spacial score (nSPS) is 12.8. The molecular weight excluding hydrogens is 296 g/mol. The number of para-hydroxylation sites is 1. The van der Waals surface area contributed by atoms with Crippen LogP contribution in [0.4, 0.5) is 0 Å². The second-order valence-corrected chi connectivity index (χ2v) is 7.26. The van der Waals surface area contributed by atoms with Crippen LogP contribution in [0.3, 0.4) is 0 Å². The Morgan fingerprint density at radius 2 is 1.50 bits per heavy atom. The van der Waals surface area contributed by atoms with Crippen LogP contribution in [0.15, 0.2) is 60.7 Å². The molecule has 0 aliphatic heterocycles. The fourth-order valence-corrected chi connectivity index (χ4v) is 3.15. The Morgan fingerprint density at radius 3 is 2.05 bits per heavy atom. The summed E-state index contributed by atoms with van der Waals surface area (Å²) in [5.41, 5.74) is 0.896. The molecular formula is C15H15ClO3S. The molecule has 3 nitrogen and oxygen atoms in total. The summed E-state index contributed by atoms with van der Waals surface area (Å²) < 4.78 is 28.3. The molecule has 0 saturated heterocycles. The summed E-state index contributed by atoms with van der Waals surface area (Å²) in [6, 6.07) is 18.7. The molecule has 0 N–H and O–H groups in total. The zero-order valence-electron chi connectivity index (χ0n) is 10.8. The highest BCUT2D eigenvalue weighted by Gasteiger charge is 2.19. The summed E-state index contributed by atoms with van der Waals surface area (Å²) in [7, 11) is 1.79. The minimum atomic E-state index is -3.58. The maximum absolute atomic E-state index is 11.3. The molecule has 0 aromatic heterocycles. The second-order valence-electron chi connectivity index (χ2n) is 4.44. The van der Waals surface area contributed by atoms with Gasteiger partial charge < -0.3 is 4.74 Å². The molecule has 0 aliphatic rings. The van der Waals surface area contributed by atoms with Crippen molar-refractivity contribution < 1.29 is 13.2 Å². The molecule has 0 fully saturated rings. The molecule has 1 unspecified atom stereocenters. The van der Waals surface area contributed by atoms with E-state index in [1.54, 1.807) is 0 Å². The standard InChI is InChI=1S/C15H15ClO3S/c16-20(17,18)12-14(13-7-3-1-4-8-13)11-19-15-9-5-2-6-10-15/h1-10,14H,11-12H2. The second kappa shape index (κ2) is 6.77. The van der Waals surface area contributed by atoms with Crippen molar-refractivity contribution in [3.05, 3.63) is 66.2 Å². The van der Waals surface area contributed by atoms with E-state index in [9.17, 15) is 8.42 Å². The average Bonchev–Trinajstić information content (AvgIpc) is 2.44. The number of hydrogen-bond acceptors (Lipinski definition) is 3. The SMILES string of the molecule is O=S(=O)(Cl)CC(COc1ccccc1)c1ccccc1. The Hall–Kier alpha value is -1.52. The van der Waals surface area contributed by atoms with Crippen LogP contribution in [0.1, 0.15) is 11.5 Å². The van der Waals surface area contributed by atoms with E-state index < -0.39 is 9.05 Å². The molecule has 5 heteroatoms. The molecule has 2 aromatic carbocycles. The third-order valence-electron chi connectivity index (χ3n) is 2.87. The molecule has 2 aromatic rings. The smallest absolute Gasteiger partial charge is 0.233 e. The van der Waals surface area contributed by atoms with Gasteiger partial charge in [-0.15, -0.1) is 0 Å². The van der Waals surface area contributed by atoms with Crippen molar-refractivity contribution >= 4 is 19.7 Å². The van der Waals surface area contributed by atoms with Gasteiger partial charge in [0.25, 0.3) is 0 Å². The van der Waals surface area contributed by atoms with Crippen LogP contribution in [0, 0.1) is 0 Å². The monoisotopic (exact) mass is 310 g/mol. The summed E-state index contributed by atoms with van der Waals surface area (Å²) >= 11 is 0. The minimum absolute atomic E-state index is 0.147. The maximum atomic E-state index is 11.3. The van der Waals surface area contributed by atoms with Gasteiger partial charge in [-0.2, -0.15) is 0 Å². The van der Waals surface area contributed by atoms with E-state index in [1.807, 2.05) is 60.7 Å². The number of benzene rings is 2. The molecule has 20 heavy (non-hydrogen) atoms. The maximum Gasteiger partial charge on any atom is 0.233 e. The van der Waals surface area contributed by atoms with Gasteiger partial charge in [0.05, 0.1) is 12.4 Å². The number of ether oxygens (including phenoxy) is 1.